The van der Waals surface area contributed by atoms with E-state index < -0.39 is 0 Å². The first-order valence-corrected chi connectivity index (χ1v) is 6.75. The zero-order valence-corrected chi connectivity index (χ0v) is 11.2. The molecule has 1 fully saturated rings. The molecule has 94 valence electrons. The molecule has 0 saturated heterocycles. The number of rotatable bonds is 2. The highest BCUT2D eigenvalue weighted by atomic mass is 14.7. The van der Waals surface area contributed by atoms with E-state index in [1.54, 1.807) is 0 Å². The van der Waals surface area contributed by atoms with Gasteiger partial charge in [0.25, 0.3) is 0 Å². The summed E-state index contributed by atoms with van der Waals surface area (Å²) in [6.07, 6.45) is 7.58. The summed E-state index contributed by atoms with van der Waals surface area (Å²) in [5.41, 5.74) is 8.87. The van der Waals surface area contributed by atoms with Gasteiger partial charge in [0.1, 0.15) is 0 Å². The second kappa shape index (κ2) is 5.18. The number of nitrogens with zero attached hydrogens (tertiary/aromatic N) is 1. The predicted molar refractivity (Wildman–Crippen MR) is 71.9 cm³/mol. The Morgan fingerprint density at radius 1 is 1.29 bits per heavy atom. The molecule has 0 bridgehead atoms. The first kappa shape index (κ1) is 12.6. The summed E-state index contributed by atoms with van der Waals surface area (Å²) in [5, 5.41) is 0. The molecule has 0 amide bonds. The first-order valence-electron chi connectivity index (χ1n) is 6.75. The SMILES string of the molecule is Cc1cncc(C2CC(C(C)C)CCC2N)c1. The number of aromatic nitrogens is 1. The standard InChI is InChI=1S/C15H24N2/c1-10(2)12-4-5-15(16)14(7-12)13-6-11(3)8-17-9-13/h6,8-10,12,14-15H,4-5,7,16H2,1-3H3. The van der Waals surface area contributed by atoms with E-state index >= 15 is 0 Å². The minimum absolute atomic E-state index is 0.314. The van der Waals surface area contributed by atoms with Gasteiger partial charge in [0.2, 0.25) is 0 Å². The van der Waals surface area contributed by atoms with Gasteiger partial charge in [0.05, 0.1) is 0 Å². The summed E-state index contributed by atoms with van der Waals surface area (Å²) in [5.74, 6) is 2.09. The van der Waals surface area contributed by atoms with Gasteiger partial charge in [-0.1, -0.05) is 19.9 Å². The first-order chi connectivity index (χ1) is 8.08. The monoisotopic (exact) mass is 232 g/mol. The van der Waals surface area contributed by atoms with Crippen molar-refractivity contribution in [3.05, 3.63) is 29.6 Å². The molecule has 3 unspecified atom stereocenters. The Hall–Kier alpha value is -0.890. The fraction of sp³-hybridized carbons (Fsp3) is 0.667. The molecule has 1 aliphatic carbocycles. The van der Waals surface area contributed by atoms with Crippen LogP contribution in [0.2, 0.25) is 0 Å². The minimum atomic E-state index is 0.314. The summed E-state index contributed by atoms with van der Waals surface area (Å²) < 4.78 is 0. The summed E-state index contributed by atoms with van der Waals surface area (Å²) in [4.78, 5) is 4.31. The van der Waals surface area contributed by atoms with Crippen LogP contribution in [0.3, 0.4) is 0 Å². The number of aryl methyl sites for hydroxylation is 1. The minimum Gasteiger partial charge on any atom is -0.327 e. The van der Waals surface area contributed by atoms with Crippen molar-refractivity contribution in [2.75, 3.05) is 0 Å². The number of nitrogens with two attached hydrogens (primary N) is 1. The lowest BCUT2D eigenvalue weighted by atomic mass is 9.72. The van der Waals surface area contributed by atoms with Crippen LogP contribution in [0.25, 0.3) is 0 Å². The molecule has 1 heterocycles. The van der Waals surface area contributed by atoms with Gasteiger partial charge in [0, 0.05) is 24.4 Å². The molecule has 17 heavy (non-hydrogen) atoms. The molecule has 1 aromatic rings. The van der Waals surface area contributed by atoms with E-state index in [9.17, 15) is 0 Å². The molecular weight excluding hydrogens is 208 g/mol. The second-order valence-electron chi connectivity index (χ2n) is 5.88. The van der Waals surface area contributed by atoms with E-state index in [0.717, 1.165) is 18.3 Å². The van der Waals surface area contributed by atoms with Crippen LogP contribution in [0.1, 0.15) is 50.2 Å². The molecule has 1 aliphatic rings. The Bertz CT molecular complexity index is 373. The number of pyridine rings is 1. The summed E-state index contributed by atoms with van der Waals surface area (Å²) in [6.45, 7) is 6.75. The number of hydrogen-bond acceptors (Lipinski definition) is 2. The van der Waals surface area contributed by atoms with Gasteiger partial charge >= 0.3 is 0 Å². The van der Waals surface area contributed by atoms with Gasteiger partial charge in [-0.25, -0.2) is 0 Å². The fourth-order valence-electron chi connectivity index (χ4n) is 3.00. The molecule has 1 aromatic heterocycles. The normalized spacial score (nSPS) is 29.6. The maximum Gasteiger partial charge on any atom is 0.0303 e. The van der Waals surface area contributed by atoms with Gasteiger partial charge in [-0.15, -0.1) is 0 Å². The van der Waals surface area contributed by atoms with Crippen molar-refractivity contribution in [3.8, 4) is 0 Å². The third-order valence-electron chi connectivity index (χ3n) is 4.21. The van der Waals surface area contributed by atoms with Crippen LogP contribution in [0.4, 0.5) is 0 Å². The maximum absolute atomic E-state index is 6.30. The fourth-order valence-corrected chi connectivity index (χ4v) is 3.00. The van der Waals surface area contributed by atoms with Crippen LogP contribution < -0.4 is 5.73 Å². The van der Waals surface area contributed by atoms with Crippen molar-refractivity contribution in [1.29, 1.82) is 0 Å². The zero-order chi connectivity index (χ0) is 12.4. The van der Waals surface area contributed by atoms with Crippen LogP contribution in [0, 0.1) is 18.8 Å². The molecule has 3 atom stereocenters. The van der Waals surface area contributed by atoms with Gasteiger partial charge in [-0.05, 0) is 49.1 Å². The van der Waals surface area contributed by atoms with E-state index in [1.165, 1.54) is 24.0 Å². The Kier molecular flexibility index (Phi) is 3.82. The lowest BCUT2D eigenvalue weighted by molar-refractivity contribution is 0.232. The Morgan fingerprint density at radius 2 is 2.06 bits per heavy atom. The van der Waals surface area contributed by atoms with Gasteiger partial charge in [-0.2, -0.15) is 0 Å². The second-order valence-corrected chi connectivity index (χ2v) is 5.88. The lowest BCUT2D eigenvalue weighted by Crippen LogP contribution is -2.36. The van der Waals surface area contributed by atoms with E-state index in [2.05, 4.69) is 31.8 Å². The van der Waals surface area contributed by atoms with E-state index in [4.69, 9.17) is 5.73 Å². The van der Waals surface area contributed by atoms with Crippen molar-refractivity contribution in [2.24, 2.45) is 17.6 Å². The topological polar surface area (TPSA) is 38.9 Å². The summed E-state index contributed by atoms with van der Waals surface area (Å²) in [6, 6.07) is 2.56. The van der Waals surface area contributed by atoms with E-state index in [0.29, 0.717) is 12.0 Å². The van der Waals surface area contributed by atoms with Crippen molar-refractivity contribution >= 4 is 0 Å². The van der Waals surface area contributed by atoms with Crippen molar-refractivity contribution in [2.45, 2.75) is 52.0 Å². The molecule has 2 rings (SSSR count). The smallest absolute Gasteiger partial charge is 0.0303 e. The molecule has 2 N–H and O–H groups in total. The Labute approximate surface area is 105 Å². The highest BCUT2D eigenvalue weighted by Gasteiger charge is 2.30. The van der Waals surface area contributed by atoms with Crippen LogP contribution in [-0.2, 0) is 0 Å². The van der Waals surface area contributed by atoms with Crippen molar-refractivity contribution < 1.29 is 0 Å². The van der Waals surface area contributed by atoms with Crippen LogP contribution >= 0.6 is 0 Å². The molecule has 2 nitrogen and oxygen atoms in total. The third-order valence-corrected chi connectivity index (χ3v) is 4.21. The van der Waals surface area contributed by atoms with Gasteiger partial charge < -0.3 is 5.73 Å². The average molecular weight is 232 g/mol. The van der Waals surface area contributed by atoms with Crippen LogP contribution in [0.5, 0.6) is 0 Å². The predicted octanol–water partition coefficient (Wildman–Crippen LogP) is 3.26. The molecule has 2 heteroatoms. The molecule has 0 aromatic carbocycles. The van der Waals surface area contributed by atoms with Gasteiger partial charge in [0.15, 0.2) is 0 Å². The highest BCUT2D eigenvalue weighted by molar-refractivity contribution is 5.23. The molecule has 0 spiro atoms. The Balaban J connectivity index is 2.18. The zero-order valence-electron chi connectivity index (χ0n) is 11.2. The number of hydrogen-bond donors (Lipinski definition) is 1. The molecule has 0 aliphatic heterocycles. The van der Waals surface area contributed by atoms with E-state index in [-0.39, 0.29) is 0 Å². The molecule has 1 saturated carbocycles. The average Bonchev–Trinajstić information content (AvgIpc) is 2.29. The highest BCUT2D eigenvalue weighted by Crippen LogP contribution is 2.38. The van der Waals surface area contributed by atoms with Crippen LogP contribution in [0.15, 0.2) is 18.5 Å². The van der Waals surface area contributed by atoms with Gasteiger partial charge in [-0.3, -0.25) is 4.98 Å². The molecular formula is C15H24N2. The lowest BCUT2D eigenvalue weighted by Gasteiger charge is -2.36. The van der Waals surface area contributed by atoms with Crippen molar-refractivity contribution in [1.82, 2.24) is 4.98 Å². The molecule has 0 radical (unpaired) electrons. The van der Waals surface area contributed by atoms with Crippen LogP contribution in [-0.4, -0.2) is 11.0 Å². The Morgan fingerprint density at radius 3 is 2.71 bits per heavy atom. The quantitative estimate of drug-likeness (QED) is 0.850. The van der Waals surface area contributed by atoms with Crippen molar-refractivity contribution in [3.63, 3.8) is 0 Å². The summed E-state index contributed by atoms with van der Waals surface area (Å²) >= 11 is 0. The third kappa shape index (κ3) is 2.86. The summed E-state index contributed by atoms with van der Waals surface area (Å²) in [7, 11) is 0. The largest absolute Gasteiger partial charge is 0.327 e. The van der Waals surface area contributed by atoms with E-state index in [1.807, 2.05) is 12.4 Å². The maximum atomic E-state index is 6.30.